The lowest BCUT2D eigenvalue weighted by atomic mass is 9.82. The molecule has 12 aromatic rings. The summed E-state index contributed by atoms with van der Waals surface area (Å²) in [5.74, 6) is 0. The quantitative estimate of drug-likeness (QED) is 0.160. The normalized spacial score (nSPS) is 11.6. The van der Waals surface area contributed by atoms with Gasteiger partial charge in [-0.05, 0) is 142 Å². The molecule has 1 heterocycles. The number of nitriles is 1. The maximum Gasteiger partial charge on any atom is 0.0991 e. The van der Waals surface area contributed by atoms with Gasteiger partial charge in [0, 0.05) is 16.5 Å². The van der Waals surface area contributed by atoms with Gasteiger partial charge < -0.3 is 4.57 Å². The van der Waals surface area contributed by atoms with Crippen molar-refractivity contribution in [3.05, 3.63) is 224 Å². The molecule has 11 aromatic carbocycles. The Morgan fingerprint density at radius 1 is 0.311 bits per heavy atom. The van der Waals surface area contributed by atoms with Crippen molar-refractivity contribution >= 4 is 64.9 Å². The zero-order chi connectivity index (χ0) is 40.4. The summed E-state index contributed by atoms with van der Waals surface area (Å²) in [6.07, 6.45) is 0. The molecule has 61 heavy (non-hydrogen) atoms. The van der Waals surface area contributed by atoms with E-state index in [1.54, 1.807) is 0 Å². The van der Waals surface area contributed by atoms with Crippen LogP contribution in [0.15, 0.2) is 218 Å². The number of fused-ring (bicyclic) bond motifs is 7. The van der Waals surface area contributed by atoms with Crippen molar-refractivity contribution in [3.63, 3.8) is 0 Å². The summed E-state index contributed by atoms with van der Waals surface area (Å²) in [5.41, 5.74) is 13.5. The van der Waals surface area contributed by atoms with Gasteiger partial charge in [0.2, 0.25) is 0 Å². The number of aromatic nitrogens is 1. The van der Waals surface area contributed by atoms with E-state index in [0.29, 0.717) is 5.56 Å². The molecular formula is C59H36N2. The van der Waals surface area contributed by atoms with Crippen LogP contribution >= 0.6 is 0 Å². The summed E-state index contributed by atoms with van der Waals surface area (Å²) in [6.45, 7) is 0. The molecule has 0 aliphatic carbocycles. The third kappa shape index (κ3) is 5.56. The first-order valence-electron chi connectivity index (χ1n) is 20.8. The average Bonchev–Trinajstić information content (AvgIpc) is 3.66. The molecule has 282 valence electrons. The number of hydrogen-bond acceptors (Lipinski definition) is 1. The van der Waals surface area contributed by atoms with Gasteiger partial charge in [-0.3, -0.25) is 0 Å². The molecule has 0 saturated heterocycles. The standard InChI is InChI=1S/C59H36N2/c60-37-38-25-31-56-52(33-38)53-34-44(28-32-57(53)61(56)45-19-5-2-6-20-45)43-27-30-51-55(36-43)59(49-24-12-18-41-16-8-10-22-47(41)49)50-29-26-42(39-13-3-1-4-14-39)35-54(50)58(51)48-23-11-17-40-15-7-9-21-46(40)48/h1-36H. The van der Waals surface area contributed by atoms with Gasteiger partial charge in [-0.1, -0.05) is 164 Å². The van der Waals surface area contributed by atoms with Gasteiger partial charge in [-0.25, -0.2) is 0 Å². The number of benzene rings is 11. The lowest BCUT2D eigenvalue weighted by Gasteiger charge is -2.21. The van der Waals surface area contributed by atoms with Gasteiger partial charge in [-0.15, -0.1) is 0 Å². The molecule has 0 N–H and O–H groups in total. The largest absolute Gasteiger partial charge is 0.309 e. The molecule has 2 nitrogen and oxygen atoms in total. The predicted octanol–water partition coefficient (Wildman–Crippen LogP) is 15.9. The summed E-state index contributed by atoms with van der Waals surface area (Å²) < 4.78 is 2.31. The Balaban J connectivity index is 1.20. The first-order valence-corrected chi connectivity index (χ1v) is 20.8. The highest BCUT2D eigenvalue weighted by Gasteiger charge is 2.21. The number of nitrogens with zero attached hydrogens (tertiary/aromatic N) is 2. The summed E-state index contributed by atoms with van der Waals surface area (Å²) in [7, 11) is 0. The van der Waals surface area contributed by atoms with E-state index in [1.807, 2.05) is 18.2 Å². The van der Waals surface area contributed by atoms with Crippen molar-refractivity contribution in [1.82, 2.24) is 4.57 Å². The van der Waals surface area contributed by atoms with Gasteiger partial charge in [-0.2, -0.15) is 5.26 Å². The molecule has 0 aliphatic rings. The summed E-state index contributed by atoms with van der Waals surface area (Å²) in [6, 6.07) is 81.5. The van der Waals surface area contributed by atoms with Crippen LogP contribution in [0.4, 0.5) is 0 Å². The highest BCUT2D eigenvalue weighted by molar-refractivity contribution is 6.26. The molecule has 0 radical (unpaired) electrons. The first-order chi connectivity index (χ1) is 30.2. The van der Waals surface area contributed by atoms with E-state index in [9.17, 15) is 5.26 Å². The fourth-order valence-electron chi connectivity index (χ4n) is 9.81. The molecule has 12 rings (SSSR count). The molecule has 0 spiro atoms. The molecule has 0 atom stereocenters. The average molecular weight is 773 g/mol. The first kappa shape index (κ1) is 34.8. The van der Waals surface area contributed by atoms with E-state index in [4.69, 9.17) is 0 Å². The minimum atomic E-state index is 0.652. The van der Waals surface area contributed by atoms with Crippen LogP contribution in [-0.4, -0.2) is 4.57 Å². The van der Waals surface area contributed by atoms with Gasteiger partial charge in [0.15, 0.2) is 0 Å². The maximum absolute atomic E-state index is 9.97. The minimum Gasteiger partial charge on any atom is -0.309 e. The van der Waals surface area contributed by atoms with E-state index in [2.05, 4.69) is 211 Å². The van der Waals surface area contributed by atoms with Crippen molar-refractivity contribution in [1.29, 1.82) is 5.26 Å². The topological polar surface area (TPSA) is 28.7 Å². The Bertz CT molecular complexity index is 3750. The van der Waals surface area contributed by atoms with Crippen LogP contribution in [-0.2, 0) is 0 Å². The van der Waals surface area contributed by atoms with E-state index in [-0.39, 0.29) is 0 Å². The van der Waals surface area contributed by atoms with Crippen LogP contribution in [0.2, 0.25) is 0 Å². The fourth-order valence-corrected chi connectivity index (χ4v) is 9.81. The maximum atomic E-state index is 9.97. The molecular weight excluding hydrogens is 737 g/mol. The summed E-state index contributed by atoms with van der Waals surface area (Å²) in [5, 5.41) is 21.9. The molecule has 0 unspecified atom stereocenters. The number of hydrogen-bond donors (Lipinski definition) is 0. The zero-order valence-electron chi connectivity index (χ0n) is 33.2. The zero-order valence-corrected chi connectivity index (χ0v) is 33.2. The third-order valence-electron chi connectivity index (χ3n) is 12.6. The number of rotatable bonds is 5. The summed E-state index contributed by atoms with van der Waals surface area (Å²) >= 11 is 0. The van der Waals surface area contributed by atoms with E-state index < -0.39 is 0 Å². The van der Waals surface area contributed by atoms with Gasteiger partial charge >= 0.3 is 0 Å². The molecule has 1 aromatic heterocycles. The second-order valence-corrected chi connectivity index (χ2v) is 15.9. The van der Waals surface area contributed by atoms with Gasteiger partial charge in [0.1, 0.15) is 0 Å². The molecule has 0 bridgehead atoms. The van der Waals surface area contributed by atoms with Crippen molar-refractivity contribution in [3.8, 4) is 56.3 Å². The fraction of sp³-hybridized carbons (Fsp3) is 0. The van der Waals surface area contributed by atoms with Crippen LogP contribution in [0.25, 0.3) is 115 Å². The van der Waals surface area contributed by atoms with Crippen LogP contribution in [0, 0.1) is 11.3 Å². The van der Waals surface area contributed by atoms with Crippen molar-refractivity contribution in [2.45, 2.75) is 0 Å². The second kappa shape index (κ2) is 13.9. The van der Waals surface area contributed by atoms with Crippen LogP contribution in [0.1, 0.15) is 5.56 Å². The van der Waals surface area contributed by atoms with Crippen molar-refractivity contribution < 1.29 is 0 Å². The lowest BCUT2D eigenvalue weighted by molar-refractivity contribution is 1.18. The van der Waals surface area contributed by atoms with E-state index in [1.165, 1.54) is 76.5 Å². The van der Waals surface area contributed by atoms with Gasteiger partial charge in [0.05, 0.1) is 22.7 Å². The highest BCUT2D eigenvalue weighted by atomic mass is 15.0. The van der Waals surface area contributed by atoms with E-state index in [0.717, 1.165) is 38.6 Å². The van der Waals surface area contributed by atoms with E-state index >= 15 is 0 Å². The van der Waals surface area contributed by atoms with Crippen molar-refractivity contribution in [2.75, 3.05) is 0 Å². The third-order valence-corrected chi connectivity index (χ3v) is 12.6. The minimum absolute atomic E-state index is 0.652. The lowest BCUT2D eigenvalue weighted by Crippen LogP contribution is -1.94. The van der Waals surface area contributed by atoms with Crippen LogP contribution in [0.3, 0.4) is 0 Å². The smallest absolute Gasteiger partial charge is 0.0991 e. The monoisotopic (exact) mass is 772 g/mol. The van der Waals surface area contributed by atoms with Crippen LogP contribution in [0.5, 0.6) is 0 Å². The molecule has 0 aliphatic heterocycles. The Hall–Kier alpha value is -8.25. The number of para-hydroxylation sites is 1. The Morgan fingerprint density at radius 3 is 1.36 bits per heavy atom. The Kier molecular flexibility index (Phi) is 7.95. The summed E-state index contributed by atoms with van der Waals surface area (Å²) in [4.78, 5) is 0. The second-order valence-electron chi connectivity index (χ2n) is 15.9. The van der Waals surface area contributed by atoms with Gasteiger partial charge in [0.25, 0.3) is 0 Å². The Morgan fingerprint density at radius 2 is 0.770 bits per heavy atom. The van der Waals surface area contributed by atoms with Crippen molar-refractivity contribution in [2.24, 2.45) is 0 Å². The highest BCUT2D eigenvalue weighted by Crippen LogP contribution is 2.49. The SMILES string of the molecule is N#Cc1ccc2c(c1)c1cc(-c3ccc4c(-c5cccc6ccccc56)c5cc(-c6ccccc6)ccc5c(-c5cccc6ccccc56)c4c3)ccc1n2-c1ccccc1. The predicted molar refractivity (Wildman–Crippen MR) is 257 cm³/mol. The molecule has 2 heteroatoms. The molecule has 0 fully saturated rings. The molecule has 0 amide bonds. The Labute approximate surface area is 353 Å². The molecule has 0 saturated carbocycles. The van der Waals surface area contributed by atoms with Crippen LogP contribution < -0.4 is 0 Å².